The van der Waals surface area contributed by atoms with E-state index in [1.54, 1.807) is 11.8 Å². The van der Waals surface area contributed by atoms with Gasteiger partial charge in [-0.3, -0.25) is 4.79 Å². The van der Waals surface area contributed by atoms with Gasteiger partial charge in [-0.15, -0.1) is 0 Å². The zero-order valence-corrected chi connectivity index (χ0v) is 14.0. The first-order chi connectivity index (χ1) is 9.51. The number of hydrogen-bond acceptors (Lipinski definition) is 3. The molecule has 0 spiro atoms. The number of amides is 1. The third-order valence-corrected chi connectivity index (χ3v) is 4.24. The molecule has 0 fully saturated rings. The summed E-state index contributed by atoms with van der Waals surface area (Å²) in [5.74, 6) is 1.05. The molecule has 1 unspecified atom stereocenters. The topological polar surface area (TPSA) is 32.3 Å². The molecule has 0 heterocycles. The van der Waals surface area contributed by atoms with Gasteiger partial charge in [-0.25, -0.2) is 0 Å². The van der Waals surface area contributed by atoms with Gasteiger partial charge in [0, 0.05) is 36.6 Å². The molecule has 0 saturated carbocycles. The third kappa shape index (κ3) is 4.44. The van der Waals surface area contributed by atoms with E-state index >= 15 is 0 Å². The van der Waals surface area contributed by atoms with Crippen LogP contribution in [-0.4, -0.2) is 42.4 Å². The zero-order valence-electron chi connectivity index (χ0n) is 13.2. The highest BCUT2D eigenvalue weighted by molar-refractivity contribution is 7.98. The first kappa shape index (κ1) is 16.9. The summed E-state index contributed by atoms with van der Waals surface area (Å²) >= 11 is 1.76. The molecule has 1 amide bonds. The van der Waals surface area contributed by atoms with Crippen LogP contribution in [0.25, 0.3) is 0 Å². The van der Waals surface area contributed by atoms with Crippen LogP contribution in [0, 0.1) is 6.92 Å². The smallest absolute Gasteiger partial charge is 0.253 e. The van der Waals surface area contributed by atoms with Crippen LogP contribution in [0.4, 0.5) is 5.69 Å². The second-order valence-electron chi connectivity index (χ2n) is 5.18. The van der Waals surface area contributed by atoms with E-state index in [2.05, 4.69) is 25.4 Å². The normalized spacial score (nSPS) is 12.1. The molecule has 4 heteroatoms. The van der Waals surface area contributed by atoms with Gasteiger partial charge in [0.2, 0.25) is 0 Å². The molecule has 0 bridgehead atoms. The first-order valence-electron chi connectivity index (χ1n) is 7.11. The first-order valence-corrected chi connectivity index (χ1v) is 8.51. The number of nitrogens with one attached hydrogen (secondary N) is 1. The van der Waals surface area contributed by atoms with Crippen molar-refractivity contribution in [1.29, 1.82) is 0 Å². The number of thioether (sulfide) groups is 1. The number of carbonyl (C=O) groups excluding carboxylic acids is 1. The van der Waals surface area contributed by atoms with Gasteiger partial charge in [0.1, 0.15) is 0 Å². The molecule has 0 aliphatic heterocycles. The van der Waals surface area contributed by atoms with E-state index in [9.17, 15) is 4.79 Å². The third-order valence-electron chi connectivity index (χ3n) is 3.43. The molecule has 1 aromatic carbocycles. The fourth-order valence-corrected chi connectivity index (χ4v) is 2.72. The lowest BCUT2D eigenvalue weighted by molar-refractivity contribution is 0.0757. The van der Waals surface area contributed by atoms with Crippen LogP contribution in [0.5, 0.6) is 0 Å². The molecule has 0 aliphatic carbocycles. The Morgan fingerprint density at radius 1 is 1.45 bits per heavy atom. The summed E-state index contributed by atoms with van der Waals surface area (Å²) in [5, 5.41) is 3.37. The molecule has 0 aliphatic rings. The molecule has 20 heavy (non-hydrogen) atoms. The van der Waals surface area contributed by atoms with Gasteiger partial charge < -0.3 is 10.2 Å². The van der Waals surface area contributed by atoms with Crippen molar-refractivity contribution in [1.82, 2.24) is 4.90 Å². The summed E-state index contributed by atoms with van der Waals surface area (Å²) in [6.45, 7) is 7.22. The van der Waals surface area contributed by atoms with Gasteiger partial charge in [-0.05, 0) is 50.3 Å². The zero-order chi connectivity index (χ0) is 15.1. The number of rotatable bonds is 7. The minimum atomic E-state index is 0.0942. The summed E-state index contributed by atoms with van der Waals surface area (Å²) in [5.41, 5.74) is 3.00. The molecule has 0 saturated heterocycles. The van der Waals surface area contributed by atoms with E-state index < -0.39 is 0 Å². The summed E-state index contributed by atoms with van der Waals surface area (Å²) in [6, 6.07) is 6.14. The van der Waals surface area contributed by atoms with Gasteiger partial charge in [-0.2, -0.15) is 11.8 Å². The number of hydrogen-bond donors (Lipinski definition) is 1. The predicted octanol–water partition coefficient (Wildman–Crippen LogP) is 3.64. The van der Waals surface area contributed by atoms with Gasteiger partial charge in [0.25, 0.3) is 5.91 Å². The van der Waals surface area contributed by atoms with E-state index in [4.69, 9.17) is 0 Å². The Morgan fingerprint density at radius 2 is 2.15 bits per heavy atom. The molecule has 1 rings (SSSR count). The van der Waals surface area contributed by atoms with Crippen molar-refractivity contribution in [3.8, 4) is 0 Å². The summed E-state index contributed by atoms with van der Waals surface area (Å²) < 4.78 is 0. The summed E-state index contributed by atoms with van der Waals surface area (Å²) in [6.07, 6.45) is 3.15. The Balaban J connectivity index is 2.81. The monoisotopic (exact) mass is 294 g/mol. The van der Waals surface area contributed by atoms with Crippen LogP contribution in [0.1, 0.15) is 36.2 Å². The second kappa shape index (κ2) is 8.20. The minimum absolute atomic E-state index is 0.0942. The van der Waals surface area contributed by atoms with Crippen LogP contribution in [0.3, 0.4) is 0 Å². The highest BCUT2D eigenvalue weighted by Crippen LogP contribution is 2.18. The largest absolute Gasteiger partial charge is 0.385 e. The van der Waals surface area contributed by atoms with Crippen LogP contribution in [0.15, 0.2) is 18.2 Å². The maximum Gasteiger partial charge on any atom is 0.253 e. The van der Waals surface area contributed by atoms with Crippen molar-refractivity contribution < 1.29 is 4.79 Å². The number of carbonyl (C=O) groups is 1. The van der Waals surface area contributed by atoms with Gasteiger partial charge in [-0.1, -0.05) is 6.92 Å². The lowest BCUT2D eigenvalue weighted by atomic mass is 10.1. The van der Waals surface area contributed by atoms with Gasteiger partial charge >= 0.3 is 0 Å². The molecule has 0 aromatic heterocycles. The quantitative estimate of drug-likeness (QED) is 0.833. The fourth-order valence-electron chi connectivity index (χ4n) is 2.01. The molecular weight excluding hydrogens is 268 g/mol. The van der Waals surface area contributed by atoms with Crippen LogP contribution in [-0.2, 0) is 0 Å². The van der Waals surface area contributed by atoms with Gasteiger partial charge in [0.15, 0.2) is 0 Å². The minimum Gasteiger partial charge on any atom is -0.385 e. The number of anilines is 1. The second-order valence-corrected chi connectivity index (χ2v) is 6.09. The lowest BCUT2D eigenvalue weighted by Crippen LogP contribution is -2.36. The number of benzene rings is 1. The maximum absolute atomic E-state index is 12.4. The molecular formula is C16H26N2OS. The van der Waals surface area contributed by atoms with Crippen LogP contribution >= 0.6 is 11.8 Å². The standard InChI is InChI=1S/C16H26N2OS/c1-6-9-17-15-8-7-14(10-12(15)2)16(19)18(4)13(3)11-20-5/h7-8,10,13,17H,6,9,11H2,1-5H3. The Kier molecular flexibility index (Phi) is 6.93. The SMILES string of the molecule is CCCNc1ccc(C(=O)N(C)C(C)CSC)cc1C. The number of nitrogens with zero attached hydrogens (tertiary/aromatic N) is 1. The molecule has 1 atom stereocenters. The average Bonchev–Trinajstić information content (AvgIpc) is 2.44. The van der Waals surface area contributed by atoms with E-state index in [-0.39, 0.29) is 11.9 Å². The van der Waals surface area contributed by atoms with E-state index in [1.807, 2.05) is 37.1 Å². The predicted molar refractivity (Wildman–Crippen MR) is 89.9 cm³/mol. The van der Waals surface area contributed by atoms with Crippen molar-refractivity contribution >= 4 is 23.4 Å². The highest BCUT2D eigenvalue weighted by Gasteiger charge is 2.17. The van der Waals surface area contributed by atoms with Crippen molar-refractivity contribution in [2.45, 2.75) is 33.2 Å². The molecule has 0 radical (unpaired) electrons. The lowest BCUT2D eigenvalue weighted by Gasteiger charge is -2.24. The van der Waals surface area contributed by atoms with E-state index in [0.717, 1.165) is 35.5 Å². The summed E-state index contributed by atoms with van der Waals surface area (Å²) in [7, 11) is 1.88. The van der Waals surface area contributed by atoms with E-state index in [0.29, 0.717) is 0 Å². The maximum atomic E-state index is 12.4. The van der Waals surface area contributed by atoms with E-state index in [1.165, 1.54) is 0 Å². The van der Waals surface area contributed by atoms with Crippen LogP contribution < -0.4 is 5.32 Å². The molecule has 112 valence electrons. The Hall–Kier alpha value is -1.16. The Bertz CT molecular complexity index is 448. The van der Waals surface area contributed by atoms with Crippen molar-refractivity contribution in [3.63, 3.8) is 0 Å². The van der Waals surface area contributed by atoms with Gasteiger partial charge in [0.05, 0.1) is 0 Å². The fraction of sp³-hybridized carbons (Fsp3) is 0.562. The average molecular weight is 294 g/mol. The number of aryl methyl sites for hydroxylation is 1. The highest BCUT2D eigenvalue weighted by atomic mass is 32.2. The molecule has 1 N–H and O–H groups in total. The Morgan fingerprint density at radius 3 is 2.70 bits per heavy atom. The van der Waals surface area contributed by atoms with Crippen molar-refractivity contribution in [3.05, 3.63) is 29.3 Å². The molecule has 1 aromatic rings. The summed E-state index contributed by atoms with van der Waals surface area (Å²) in [4.78, 5) is 14.3. The van der Waals surface area contributed by atoms with Crippen molar-refractivity contribution in [2.24, 2.45) is 0 Å². The molecule has 3 nitrogen and oxygen atoms in total. The van der Waals surface area contributed by atoms with Crippen LogP contribution in [0.2, 0.25) is 0 Å². The Labute approximate surface area is 127 Å². The van der Waals surface area contributed by atoms with Crippen molar-refractivity contribution in [2.75, 3.05) is 30.9 Å².